The second-order valence-corrected chi connectivity index (χ2v) is 5.49. The van der Waals surface area contributed by atoms with Crippen LogP contribution < -0.4 is 10.1 Å². The number of carboxylic acid groups (broad SMARTS) is 1. The van der Waals surface area contributed by atoms with E-state index in [-0.39, 0.29) is 23.1 Å². The number of phenolic OH excluding ortho intramolecular Hbond substituents is 1. The molecular weight excluding hydrogens is 274 g/mol. The highest BCUT2D eigenvalue weighted by molar-refractivity contribution is 5.97. The zero-order chi connectivity index (χ0) is 15.5. The first-order valence-electron chi connectivity index (χ1n) is 6.83. The maximum absolute atomic E-state index is 12.1. The lowest BCUT2D eigenvalue weighted by molar-refractivity contribution is -0.141. The molecule has 0 spiro atoms. The van der Waals surface area contributed by atoms with Gasteiger partial charge in [-0.05, 0) is 30.4 Å². The molecule has 0 heterocycles. The minimum atomic E-state index is -0.851. The van der Waals surface area contributed by atoms with Crippen molar-refractivity contribution in [2.75, 3.05) is 13.7 Å². The lowest BCUT2D eigenvalue weighted by Gasteiger charge is -2.40. The van der Waals surface area contributed by atoms with Crippen LogP contribution in [0, 0.1) is 5.41 Å². The average Bonchev–Trinajstić information content (AvgIpc) is 2.40. The number of carbonyl (C=O) groups is 2. The second-order valence-electron chi connectivity index (χ2n) is 5.49. The maximum atomic E-state index is 12.1. The molecule has 0 bridgehead atoms. The lowest BCUT2D eigenvalue weighted by Crippen LogP contribution is -2.43. The van der Waals surface area contributed by atoms with Gasteiger partial charge in [-0.2, -0.15) is 0 Å². The largest absolute Gasteiger partial charge is 0.507 e. The molecular formula is C15H19NO5. The summed E-state index contributed by atoms with van der Waals surface area (Å²) in [7, 11) is 1.47. The summed E-state index contributed by atoms with van der Waals surface area (Å²) in [6.45, 7) is 0.309. The van der Waals surface area contributed by atoms with Crippen molar-refractivity contribution in [1.82, 2.24) is 5.32 Å². The molecule has 1 aromatic carbocycles. The molecule has 1 fully saturated rings. The fraction of sp³-hybridized carbons (Fsp3) is 0.467. The highest BCUT2D eigenvalue weighted by Crippen LogP contribution is 2.43. The Kier molecular flexibility index (Phi) is 4.35. The molecule has 6 heteroatoms. The van der Waals surface area contributed by atoms with Crippen LogP contribution in [0.4, 0.5) is 0 Å². The number of carbonyl (C=O) groups excluding carboxylic acids is 1. The van der Waals surface area contributed by atoms with Crippen LogP contribution in [-0.4, -0.2) is 35.7 Å². The van der Waals surface area contributed by atoms with Crippen LogP contribution in [0.3, 0.4) is 0 Å². The predicted molar refractivity (Wildman–Crippen MR) is 75.5 cm³/mol. The van der Waals surface area contributed by atoms with Gasteiger partial charge in [-0.1, -0.05) is 6.42 Å². The Morgan fingerprint density at radius 2 is 2.10 bits per heavy atom. The van der Waals surface area contributed by atoms with E-state index in [1.54, 1.807) is 6.07 Å². The molecule has 6 nitrogen and oxygen atoms in total. The summed E-state index contributed by atoms with van der Waals surface area (Å²) >= 11 is 0. The maximum Gasteiger partial charge on any atom is 0.303 e. The number of amides is 1. The van der Waals surface area contributed by atoms with Gasteiger partial charge in [0.05, 0.1) is 19.1 Å². The van der Waals surface area contributed by atoms with E-state index >= 15 is 0 Å². The number of methoxy groups -OCH3 is 1. The summed E-state index contributed by atoms with van der Waals surface area (Å²) in [5.41, 5.74) is -0.190. The Labute approximate surface area is 122 Å². The van der Waals surface area contributed by atoms with Crippen LogP contribution in [0.5, 0.6) is 11.5 Å². The number of aromatic hydroxyl groups is 1. The molecule has 0 unspecified atom stereocenters. The molecule has 1 aromatic rings. The predicted octanol–water partition coefficient (Wildman–Crippen LogP) is 1.78. The van der Waals surface area contributed by atoms with Crippen molar-refractivity contribution >= 4 is 11.9 Å². The Hall–Kier alpha value is -2.24. The Morgan fingerprint density at radius 1 is 1.38 bits per heavy atom. The van der Waals surface area contributed by atoms with Gasteiger partial charge in [0.2, 0.25) is 0 Å². The molecule has 0 aliphatic heterocycles. The summed E-state index contributed by atoms with van der Waals surface area (Å²) in [5.74, 6) is -0.957. The number of rotatable bonds is 6. The molecule has 2 rings (SSSR count). The number of nitrogens with one attached hydrogen (secondary N) is 1. The molecule has 0 aromatic heterocycles. The number of carboxylic acids is 1. The van der Waals surface area contributed by atoms with Crippen molar-refractivity contribution < 1.29 is 24.5 Å². The number of hydrogen-bond donors (Lipinski definition) is 3. The van der Waals surface area contributed by atoms with Crippen molar-refractivity contribution in [2.24, 2.45) is 5.41 Å². The van der Waals surface area contributed by atoms with Gasteiger partial charge in [0.15, 0.2) is 0 Å². The third-order valence-corrected chi connectivity index (χ3v) is 4.01. The molecule has 1 aliphatic carbocycles. The number of ether oxygens (including phenoxy) is 1. The number of aliphatic carboxylic acids is 1. The monoisotopic (exact) mass is 293 g/mol. The molecule has 1 aliphatic rings. The van der Waals surface area contributed by atoms with Gasteiger partial charge >= 0.3 is 5.97 Å². The SMILES string of the molecule is COc1ccc(C(=O)NCC2(CC(=O)O)CCC2)c(O)c1. The molecule has 1 amide bonds. The van der Waals surface area contributed by atoms with Crippen LogP contribution in [0.15, 0.2) is 18.2 Å². The Balaban J connectivity index is 2.00. The summed E-state index contributed by atoms with van der Waals surface area (Å²) in [6.07, 6.45) is 2.64. The molecule has 1 saturated carbocycles. The molecule has 0 atom stereocenters. The van der Waals surface area contributed by atoms with E-state index in [1.165, 1.54) is 19.2 Å². The summed E-state index contributed by atoms with van der Waals surface area (Å²) < 4.78 is 4.96. The molecule has 0 radical (unpaired) electrons. The topological polar surface area (TPSA) is 95.9 Å². The van der Waals surface area contributed by atoms with Crippen LogP contribution in [0.2, 0.25) is 0 Å². The third kappa shape index (κ3) is 3.45. The quantitative estimate of drug-likeness (QED) is 0.743. The third-order valence-electron chi connectivity index (χ3n) is 4.01. The van der Waals surface area contributed by atoms with Crippen molar-refractivity contribution in [3.8, 4) is 11.5 Å². The van der Waals surface area contributed by atoms with Gasteiger partial charge in [0.1, 0.15) is 11.5 Å². The van der Waals surface area contributed by atoms with Crippen molar-refractivity contribution in [3.63, 3.8) is 0 Å². The fourth-order valence-corrected chi connectivity index (χ4v) is 2.61. The highest BCUT2D eigenvalue weighted by atomic mass is 16.5. The van der Waals surface area contributed by atoms with Crippen LogP contribution in [0.1, 0.15) is 36.0 Å². The van der Waals surface area contributed by atoms with Gasteiger partial charge in [-0.3, -0.25) is 9.59 Å². The van der Waals surface area contributed by atoms with E-state index in [2.05, 4.69) is 5.32 Å². The van der Waals surface area contributed by atoms with Gasteiger partial charge < -0.3 is 20.3 Å². The van der Waals surface area contributed by atoms with Gasteiger partial charge in [0.25, 0.3) is 5.91 Å². The normalized spacial score (nSPS) is 15.9. The zero-order valence-corrected chi connectivity index (χ0v) is 11.9. The first kappa shape index (κ1) is 15.2. The molecule has 0 saturated heterocycles. The molecule has 21 heavy (non-hydrogen) atoms. The van der Waals surface area contributed by atoms with Gasteiger partial charge in [-0.25, -0.2) is 0 Å². The van der Waals surface area contributed by atoms with E-state index < -0.39 is 11.9 Å². The van der Waals surface area contributed by atoms with Crippen LogP contribution in [0.25, 0.3) is 0 Å². The van der Waals surface area contributed by atoms with E-state index in [0.29, 0.717) is 12.3 Å². The Morgan fingerprint density at radius 3 is 2.57 bits per heavy atom. The van der Waals surface area contributed by atoms with E-state index in [4.69, 9.17) is 9.84 Å². The summed E-state index contributed by atoms with van der Waals surface area (Å²) in [4.78, 5) is 23.0. The van der Waals surface area contributed by atoms with E-state index in [9.17, 15) is 14.7 Å². The van der Waals surface area contributed by atoms with E-state index in [1.807, 2.05) is 0 Å². The standard InChI is InChI=1S/C15H19NO5/c1-21-10-3-4-11(12(17)7-10)14(20)16-9-15(5-2-6-15)8-13(18)19/h3-4,7,17H,2,5-6,8-9H2,1H3,(H,16,20)(H,18,19). The number of hydrogen-bond acceptors (Lipinski definition) is 4. The highest BCUT2D eigenvalue weighted by Gasteiger charge is 2.39. The minimum absolute atomic E-state index is 0.0574. The van der Waals surface area contributed by atoms with Crippen LogP contribution in [-0.2, 0) is 4.79 Å². The smallest absolute Gasteiger partial charge is 0.303 e. The first-order chi connectivity index (χ1) is 9.96. The minimum Gasteiger partial charge on any atom is -0.507 e. The molecule has 114 valence electrons. The van der Waals surface area contributed by atoms with E-state index in [0.717, 1.165) is 19.3 Å². The summed E-state index contributed by atoms with van der Waals surface area (Å²) in [5, 5.41) is 21.5. The number of phenols is 1. The average molecular weight is 293 g/mol. The van der Waals surface area contributed by atoms with Gasteiger partial charge in [-0.15, -0.1) is 0 Å². The number of benzene rings is 1. The van der Waals surface area contributed by atoms with Gasteiger partial charge in [0, 0.05) is 12.6 Å². The van der Waals surface area contributed by atoms with Crippen molar-refractivity contribution in [1.29, 1.82) is 0 Å². The van der Waals surface area contributed by atoms with Crippen molar-refractivity contribution in [2.45, 2.75) is 25.7 Å². The summed E-state index contributed by atoms with van der Waals surface area (Å²) in [6, 6.07) is 4.43. The zero-order valence-electron chi connectivity index (χ0n) is 11.9. The lowest BCUT2D eigenvalue weighted by atomic mass is 9.66. The van der Waals surface area contributed by atoms with Crippen LogP contribution >= 0.6 is 0 Å². The fourth-order valence-electron chi connectivity index (χ4n) is 2.61. The first-order valence-corrected chi connectivity index (χ1v) is 6.83. The Bertz CT molecular complexity index is 551. The van der Waals surface area contributed by atoms with Crippen molar-refractivity contribution in [3.05, 3.63) is 23.8 Å². The molecule has 3 N–H and O–H groups in total. The second kappa shape index (κ2) is 6.03.